The van der Waals surface area contributed by atoms with E-state index in [1.165, 1.54) is 0 Å². The molecule has 2 heterocycles. The van der Waals surface area contributed by atoms with Gasteiger partial charge in [-0.3, -0.25) is 0 Å². The van der Waals surface area contributed by atoms with E-state index in [0.717, 1.165) is 40.2 Å². The molecule has 0 fully saturated rings. The van der Waals surface area contributed by atoms with Crippen LogP contribution < -0.4 is 0 Å². The van der Waals surface area contributed by atoms with Crippen LogP contribution in [-0.2, 0) is 17.8 Å². The monoisotopic (exact) mass is 271 g/mol. The molecule has 0 amide bonds. The highest BCUT2D eigenvalue weighted by Crippen LogP contribution is 2.34. The summed E-state index contributed by atoms with van der Waals surface area (Å²) in [6.45, 7) is 5.13. The summed E-state index contributed by atoms with van der Waals surface area (Å²) in [7, 11) is 0. The first-order valence-electron chi connectivity index (χ1n) is 6.87. The van der Waals surface area contributed by atoms with Gasteiger partial charge in [-0.25, -0.2) is 0 Å². The van der Waals surface area contributed by atoms with Crippen LogP contribution in [-0.4, -0.2) is 11.8 Å². The second-order valence-electron chi connectivity index (χ2n) is 4.57. The van der Waals surface area contributed by atoms with E-state index in [1.54, 1.807) is 0 Å². The zero-order valence-electron chi connectivity index (χ0n) is 11.7. The number of furan rings is 1. The largest absolute Gasteiger partial charge is 0.460 e. The van der Waals surface area contributed by atoms with Crippen LogP contribution in [0.1, 0.15) is 25.4 Å². The van der Waals surface area contributed by atoms with Gasteiger partial charge in [-0.2, -0.15) is 0 Å². The third-order valence-corrected chi connectivity index (χ3v) is 3.25. The second kappa shape index (κ2) is 5.51. The lowest BCUT2D eigenvalue weighted by atomic mass is 10.1. The van der Waals surface area contributed by atoms with Crippen molar-refractivity contribution in [3.63, 3.8) is 0 Å². The predicted octanol–water partition coefficient (Wildman–Crippen LogP) is 4.19. The zero-order chi connectivity index (χ0) is 13.9. The maximum Gasteiger partial charge on any atom is 0.163 e. The van der Waals surface area contributed by atoms with Crippen LogP contribution >= 0.6 is 0 Å². The molecule has 0 spiro atoms. The van der Waals surface area contributed by atoms with E-state index in [2.05, 4.69) is 12.1 Å². The van der Waals surface area contributed by atoms with Gasteiger partial charge in [0.05, 0.1) is 5.56 Å². The number of aryl methyl sites for hydroxylation is 1. The standard InChI is InChI=1S/C16H17NO3/c1-3-14-16(12-7-5-6-8-15(12)19-14)13-9-11(20-17-13)10-18-4-2/h5-9H,3-4,10H2,1-2H3. The highest BCUT2D eigenvalue weighted by molar-refractivity contribution is 5.94. The molecular formula is C16H17NO3. The fraction of sp³-hybridized carbons (Fsp3) is 0.312. The number of hydrogen-bond donors (Lipinski definition) is 0. The average Bonchev–Trinajstić information content (AvgIpc) is 3.08. The van der Waals surface area contributed by atoms with Gasteiger partial charge in [-0.15, -0.1) is 0 Å². The Morgan fingerprint density at radius 2 is 2.05 bits per heavy atom. The Morgan fingerprint density at radius 3 is 2.85 bits per heavy atom. The van der Waals surface area contributed by atoms with Crippen molar-refractivity contribution in [2.75, 3.05) is 6.61 Å². The molecule has 4 nitrogen and oxygen atoms in total. The minimum Gasteiger partial charge on any atom is -0.460 e. The Morgan fingerprint density at radius 1 is 1.20 bits per heavy atom. The van der Waals surface area contributed by atoms with Gasteiger partial charge < -0.3 is 13.7 Å². The van der Waals surface area contributed by atoms with Gasteiger partial charge in [0.1, 0.15) is 23.6 Å². The average molecular weight is 271 g/mol. The molecule has 1 aromatic carbocycles. The van der Waals surface area contributed by atoms with Crippen LogP contribution in [0, 0.1) is 0 Å². The van der Waals surface area contributed by atoms with Crippen LogP contribution in [0.25, 0.3) is 22.2 Å². The van der Waals surface area contributed by atoms with Gasteiger partial charge in [0.25, 0.3) is 0 Å². The molecule has 3 aromatic rings. The lowest BCUT2D eigenvalue weighted by molar-refractivity contribution is 0.112. The fourth-order valence-electron chi connectivity index (χ4n) is 2.33. The van der Waals surface area contributed by atoms with Crippen molar-refractivity contribution in [1.82, 2.24) is 5.16 Å². The van der Waals surface area contributed by atoms with Crippen LogP contribution in [0.3, 0.4) is 0 Å². The van der Waals surface area contributed by atoms with Crippen molar-refractivity contribution in [3.05, 3.63) is 41.9 Å². The molecule has 104 valence electrons. The number of nitrogens with zero attached hydrogens (tertiary/aromatic N) is 1. The Kier molecular flexibility index (Phi) is 3.56. The molecule has 20 heavy (non-hydrogen) atoms. The molecule has 0 N–H and O–H groups in total. The normalized spacial score (nSPS) is 11.3. The molecule has 0 aliphatic heterocycles. The smallest absolute Gasteiger partial charge is 0.163 e. The number of ether oxygens (including phenoxy) is 1. The number of hydrogen-bond acceptors (Lipinski definition) is 4. The second-order valence-corrected chi connectivity index (χ2v) is 4.57. The summed E-state index contributed by atoms with van der Waals surface area (Å²) in [5.41, 5.74) is 2.71. The summed E-state index contributed by atoms with van der Waals surface area (Å²) in [6.07, 6.45) is 0.817. The summed E-state index contributed by atoms with van der Waals surface area (Å²) in [5.74, 6) is 1.66. The number of fused-ring (bicyclic) bond motifs is 1. The van der Waals surface area contributed by atoms with E-state index in [0.29, 0.717) is 13.2 Å². The van der Waals surface area contributed by atoms with Crippen LogP contribution in [0.15, 0.2) is 39.3 Å². The third-order valence-electron chi connectivity index (χ3n) is 3.25. The van der Waals surface area contributed by atoms with Crippen molar-refractivity contribution in [3.8, 4) is 11.3 Å². The predicted molar refractivity (Wildman–Crippen MR) is 76.4 cm³/mol. The highest BCUT2D eigenvalue weighted by Gasteiger charge is 2.18. The molecule has 0 aliphatic rings. The van der Waals surface area contributed by atoms with E-state index >= 15 is 0 Å². The molecule has 0 saturated carbocycles. The quantitative estimate of drug-likeness (QED) is 0.698. The van der Waals surface area contributed by atoms with Gasteiger partial charge in [0.2, 0.25) is 0 Å². The van der Waals surface area contributed by atoms with Crippen LogP contribution in [0.5, 0.6) is 0 Å². The molecular weight excluding hydrogens is 254 g/mol. The first kappa shape index (κ1) is 12.9. The van der Waals surface area contributed by atoms with Crippen LogP contribution in [0.4, 0.5) is 0 Å². The topological polar surface area (TPSA) is 48.4 Å². The first-order chi connectivity index (χ1) is 9.83. The van der Waals surface area contributed by atoms with Gasteiger partial charge in [-0.1, -0.05) is 30.3 Å². The zero-order valence-corrected chi connectivity index (χ0v) is 11.7. The van der Waals surface area contributed by atoms with E-state index in [9.17, 15) is 0 Å². The van der Waals surface area contributed by atoms with Crippen molar-refractivity contribution >= 4 is 11.0 Å². The Labute approximate surface area is 117 Å². The summed E-state index contributed by atoms with van der Waals surface area (Å²) in [4.78, 5) is 0. The van der Waals surface area contributed by atoms with Crippen LogP contribution in [0.2, 0.25) is 0 Å². The number of para-hydroxylation sites is 1. The molecule has 0 unspecified atom stereocenters. The fourth-order valence-corrected chi connectivity index (χ4v) is 2.33. The Balaban J connectivity index is 2.06. The lowest BCUT2D eigenvalue weighted by Gasteiger charge is -1.95. The molecule has 0 aliphatic carbocycles. The van der Waals surface area contributed by atoms with Gasteiger partial charge in [0, 0.05) is 24.5 Å². The van der Waals surface area contributed by atoms with Crippen molar-refractivity contribution in [1.29, 1.82) is 0 Å². The van der Waals surface area contributed by atoms with E-state index in [-0.39, 0.29) is 0 Å². The summed E-state index contributed by atoms with van der Waals surface area (Å²) < 4.78 is 16.5. The summed E-state index contributed by atoms with van der Waals surface area (Å²) >= 11 is 0. The van der Waals surface area contributed by atoms with Gasteiger partial charge in [0.15, 0.2) is 5.76 Å². The maximum atomic E-state index is 5.88. The Hall–Kier alpha value is -2.07. The van der Waals surface area contributed by atoms with Crippen molar-refractivity contribution in [2.24, 2.45) is 0 Å². The van der Waals surface area contributed by atoms with E-state index in [4.69, 9.17) is 13.7 Å². The minimum atomic E-state index is 0.445. The molecule has 0 bridgehead atoms. The maximum absolute atomic E-state index is 5.88. The number of rotatable bonds is 5. The summed E-state index contributed by atoms with van der Waals surface area (Å²) in [6, 6.07) is 9.91. The molecule has 3 rings (SSSR count). The molecule has 2 aromatic heterocycles. The third kappa shape index (κ3) is 2.23. The van der Waals surface area contributed by atoms with Gasteiger partial charge >= 0.3 is 0 Å². The van der Waals surface area contributed by atoms with Gasteiger partial charge in [-0.05, 0) is 13.0 Å². The molecule has 4 heteroatoms. The Bertz CT molecular complexity index is 711. The first-order valence-corrected chi connectivity index (χ1v) is 6.87. The van der Waals surface area contributed by atoms with Crippen molar-refractivity contribution < 1.29 is 13.7 Å². The molecule has 0 atom stereocenters. The lowest BCUT2D eigenvalue weighted by Crippen LogP contribution is -1.88. The molecule has 0 radical (unpaired) electrons. The van der Waals surface area contributed by atoms with Crippen molar-refractivity contribution in [2.45, 2.75) is 26.9 Å². The van der Waals surface area contributed by atoms with E-state index < -0.39 is 0 Å². The van der Waals surface area contributed by atoms with E-state index in [1.807, 2.05) is 37.3 Å². The molecule has 0 saturated heterocycles. The number of aromatic nitrogens is 1. The highest BCUT2D eigenvalue weighted by atomic mass is 16.5. The SMILES string of the molecule is CCOCc1cc(-c2c(CC)oc3ccccc23)no1. The number of benzene rings is 1. The summed E-state index contributed by atoms with van der Waals surface area (Å²) in [5, 5.41) is 5.23. The minimum absolute atomic E-state index is 0.445.